The quantitative estimate of drug-likeness (QED) is 0.731. The second kappa shape index (κ2) is 4.74. The maximum atomic E-state index is 9.65. The van der Waals surface area contributed by atoms with Gasteiger partial charge in [0.15, 0.2) is 5.75 Å². The van der Waals surface area contributed by atoms with Gasteiger partial charge in [-0.1, -0.05) is 23.2 Å². The normalized spacial score (nSPS) is 10.1. The molecule has 0 spiro atoms. The molecular formula is C10H9Cl2MgNO. The first-order chi connectivity index (χ1) is 6.59. The van der Waals surface area contributed by atoms with Gasteiger partial charge in [0.25, 0.3) is 0 Å². The SMILES string of the molecule is Cc1ccc2c(Cl)cc(Cl)c(O)c2n1.[H-].[H-].[Mg+2]. The molecule has 0 aliphatic carbocycles. The zero-order valence-corrected chi connectivity index (χ0v) is 11.0. The molecule has 0 atom stereocenters. The number of phenolic OH excluding ortho intramolecular Hbond substituents is 1. The maximum Gasteiger partial charge on any atom is 2.00 e. The first-order valence-electron chi connectivity index (χ1n) is 4.04. The molecule has 15 heavy (non-hydrogen) atoms. The van der Waals surface area contributed by atoms with Crippen molar-refractivity contribution in [1.29, 1.82) is 0 Å². The van der Waals surface area contributed by atoms with Crippen LogP contribution < -0.4 is 0 Å². The van der Waals surface area contributed by atoms with Gasteiger partial charge < -0.3 is 7.96 Å². The molecule has 2 rings (SSSR count). The van der Waals surface area contributed by atoms with E-state index in [1.807, 2.05) is 19.1 Å². The fraction of sp³-hybridized carbons (Fsp3) is 0.100. The molecule has 76 valence electrons. The van der Waals surface area contributed by atoms with Crippen molar-refractivity contribution in [2.24, 2.45) is 0 Å². The van der Waals surface area contributed by atoms with Gasteiger partial charge in [-0.15, -0.1) is 0 Å². The van der Waals surface area contributed by atoms with Gasteiger partial charge >= 0.3 is 23.1 Å². The molecule has 1 aromatic heterocycles. The molecule has 1 aromatic carbocycles. The number of aromatic hydroxyl groups is 1. The zero-order chi connectivity index (χ0) is 10.3. The average molecular weight is 254 g/mol. The fourth-order valence-corrected chi connectivity index (χ4v) is 1.82. The van der Waals surface area contributed by atoms with Crippen LogP contribution in [0.2, 0.25) is 10.0 Å². The molecule has 0 amide bonds. The third-order valence-corrected chi connectivity index (χ3v) is 2.60. The van der Waals surface area contributed by atoms with Crippen molar-refractivity contribution in [2.75, 3.05) is 0 Å². The second-order valence-electron chi connectivity index (χ2n) is 3.04. The minimum Gasteiger partial charge on any atom is -1.00 e. The Labute approximate surface area is 116 Å². The molecule has 0 saturated heterocycles. The summed E-state index contributed by atoms with van der Waals surface area (Å²) >= 11 is 11.7. The minimum atomic E-state index is -0.0187. The maximum absolute atomic E-state index is 9.65. The first-order valence-corrected chi connectivity index (χ1v) is 4.79. The summed E-state index contributed by atoms with van der Waals surface area (Å²) in [5.41, 5.74) is 1.26. The van der Waals surface area contributed by atoms with Gasteiger partial charge in [-0.25, -0.2) is 4.98 Å². The van der Waals surface area contributed by atoms with E-state index in [4.69, 9.17) is 23.2 Å². The molecular weight excluding hydrogens is 245 g/mol. The Bertz CT molecular complexity index is 525. The second-order valence-corrected chi connectivity index (χ2v) is 3.85. The molecule has 0 bridgehead atoms. The molecule has 1 N–H and O–H groups in total. The van der Waals surface area contributed by atoms with Crippen LogP contribution in [-0.4, -0.2) is 33.1 Å². The Morgan fingerprint density at radius 2 is 1.93 bits per heavy atom. The number of pyridine rings is 1. The number of aromatic nitrogens is 1. The van der Waals surface area contributed by atoms with Crippen molar-refractivity contribution >= 4 is 57.2 Å². The van der Waals surface area contributed by atoms with Crippen LogP contribution in [-0.2, 0) is 0 Å². The van der Waals surface area contributed by atoms with E-state index in [-0.39, 0.29) is 36.7 Å². The third-order valence-electron chi connectivity index (χ3n) is 2.00. The van der Waals surface area contributed by atoms with Crippen LogP contribution in [0.1, 0.15) is 8.55 Å². The number of hydrogen-bond acceptors (Lipinski definition) is 2. The number of halogens is 2. The van der Waals surface area contributed by atoms with Crippen molar-refractivity contribution in [3.8, 4) is 5.75 Å². The predicted octanol–water partition coefficient (Wildman–Crippen LogP) is 3.40. The van der Waals surface area contributed by atoms with Crippen LogP contribution in [0, 0.1) is 6.92 Å². The van der Waals surface area contributed by atoms with Crippen molar-refractivity contribution in [2.45, 2.75) is 6.92 Å². The third kappa shape index (κ3) is 2.31. The van der Waals surface area contributed by atoms with Gasteiger partial charge in [0.05, 0.1) is 10.0 Å². The van der Waals surface area contributed by atoms with Crippen molar-refractivity contribution in [3.05, 3.63) is 33.9 Å². The summed E-state index contributed by atoms with van der Waals surface area (Å²) < 4.78 is 0. The molecule has 0 aliphatic rings. The van der Waals surface area contributed by atoms with Crippen molar-refractivity contribution < 1.29 is 7.96 Å². The average Bonchev–Trinajstić information content (AvgIpc) is 2.14. The summed E-state index contributed by atoms with van der Waals surface area (Å²) in [7, 11) is 0. The Balaban J connectivity index is 0. The molecule has 0 radical (unpaired) electrons. The fourth-order valence-electron chi connectivity index (χ4n) is 1.30. The molecule has 0 aliphatic heterocycles. The van der Waals surface area contributed by atoms with Crippen LogP contribution in [0.5, 0.6) is 5.75 Å². The van der Waals surface area contributed by atoms with E-state index in [0.29, 0.717) is 15.9 Å². The van der Waals surface area contributed by atoms with Gasteiger partial charge in [0, 0.05) is 11.1 Å². The first kappa shape index (κ1) is 12.8. The van der Waals surface area contributed by atoms with Crippen LogP contribution in [0.3, 0.4) is 0 Å². The van der Waals surface area contributed by atoms with Crippen molar-refractivity contribution in [1.82, 2.24) is 4.98 Å². The van der Waals surface area contributed by atoms with Crippen LogP contribution in [0.15, 0.2) is 18.2 Å². The molecule has 0 fully saturated rings. The van der Waals surface area contributed by atoms with E-state index in [0.717, 1.165) is 5.69 Å². The molecule has 2 nitrogen and oxygen atoms in total. The molecule has 1 heterocycles. The summed E-state index contributed by atoms with van der Waals surface area (Å²) in [6.45, 7) is 1.84. The number of hydrogen-bond donors (Lipinski definition) is 1. The summed E-state index contributed by atoms with van der Waals surface area (Å²) in [6.07, 6.45) is 0. The standard InChI is InChI=1S/C10H7Cl2NO.Mg.2H/c1-5-2-3-6-7(11)4-8(12)10(14)9(6)13-5;;;/h2-4,14H,1H3;;;/q;+2;2*-1. The molecule has 0 saturated carbocycles. The monoisotopic (exact) mass is 253 g/mol. The summed E-state index contributed by atoms with van der Waals surface area (Å²) in [6, 6.07) is 5.16. The van der Waals surface area contributed by atoms with Gasteiger partial charge in [-0.05, 0) is 25.1 Å². The summed E-state index contributed by atoms with van der Waals surface area (Å²) in [5, 5.41) is 11.1. The molecule has 5 heteroatoms. The summed E-state index contributed by atoms with van der Waals surface area (Å²) in [4.78, 5) is 4.18. The molecule has 0 unspecified atom stereocenters. The Kier molecular flexibility index (Phi) is 4.06. The number of aryl methyl sites for hydroxylation is 1. The number of benzene rings is 1. The van der Waals surface area contributed by atoms with E-state index < -0.39 is 0 Å². The number of fused-ring (bicyclic) bond motifs is 1. The van der Waals surface area contributed by atoms with Crippen LogP contribution >= 0.6 is 23.2 Å². The number of phenols is 1. The number of nitrogens with zero attached hydrogens (tertiary/aromatic N) is 1. The topological polar surface area (TPSA) is 33.1 Å². The van der Waals surface area contributed by atoms with Gasteiger partial charge in [-0.2, -0.15) is 0 Å². The predicted molar refractivity (Wildman–Crippen MR) is 66.1 cm³/mol. The van der Waals surface area contributed by atoms with Crippen LogP contribution in [0.4, 0.5) is 0 Å². The van der Waals surface area contributed by atoms with Gasteiger partial charge in [0.2, 0.25) is 0 Å². The Morgan fingerprint density at radius 3 is 2.60 bits per heavy atom. The number of rotatable bonds is 0. The van der Waals surface area contributed by atoms with Crippen molar-refractivity contribution in [3.63, 3.8) is 0 Å². The smallest absolute Gasteiger partial charge is 1.00 e. The van der Waals surface area contributed by atoms with Gasteiger partial charge in [0.1, 0.15) is 5.52 Å². The van der Waals surface area contributed by atoms with E-state index in [2.05, 4.69) is 4.98 Å². The Hall–Kier alpha value is -0.224. The largest absolute Gasteiger partial charge is 2.00 e. The van der Waals surface area contributed by atoms with Crippen LogP contribution in [0.25, 0.3) is 10.9 Å². The Morgan fingerprint density at radius 1 is 1.27 bits per heavy atom. The van der Waals surface area contributed by atoms with E-state index >= 15 is 0 Å². The van der Waals surface area contributed by atoms with E-state index in [1.165, 1.54) is 6.07 Å². The minimum absolute atomic E-state index is 0. The zero-order valence-electron chi connectivity index (χ0n) is 10.1. The van der Waals surface area contributed by atoms with Gasteiger partial charge in [-0.3, -0.25) is 0 Å². The summed E-state index contributed by atoms with van der Waals surface area (Å²) in [5.74, 6) is -0.0187. The molecule has 2 aromatic rings. The van der Waals surface area contributed by atoms with E-state index in [1.54, 1.807) is 0 Å². The van der Waals surface area contributed by atoms with E-state index in [9.17, 15) is 5.11 Å².